The lowest BCUT2D eigenvalue weighted by Crippen LogP contribution is -2.41. The molecule has 0 aliphatic heterocycles. The second-order valence-corrected chi connectivity index (χ2v) is 5.55. The Morgan fingerprint density at radius 2 is 2.17 bits per heavy atom. The number of pyridine rings is 1. The number of imidazole rings is 1. The Kier molecular flexibility index (Phi) is 6.82. The number of rotatable bonds is 4. The van der Waals surface area contributed by atoms with E-state index in [2.05, 4.69) is 31.7 Å². The minimum Gasteiger partial charge on any atom is -0.354 e. The van der Waals surface area contributed by atoms with Crippen molar-refractivity contribution in [3.8, 4) is 5.82 Å². The predicted molar refractivity (Wildman–Crippen MR) is 102 cm³/mol. The van der Waals surface area contributed by atoms with Gasteiger partial charge in [0, 0.05) is 38.2 Å². The lowest BCUT2D eigenvalue weighted by Gasteiger charge is -2.16. The smallest absolute Gasteiger partial charge is 0.191 e. The van der Waals surface area contributed by atoms with Crippen molar-refractivity contribution in [3.63, 3.8) is 0 Å². The summed E-state index contributed by atoms with van der Waals surface area (Å²) in [5.74, 6) is 1.74. The second-order valence-electron chi connectivity index (χ2n) is 5.55. The number of halogens is 1. The first-order valence-corrected chi connectivity index (χ1v) is 7.75. The van der Waals surface area contributed by atoms with E-state index in [9.17, 15) is 0 Å². The van der Waals surface area contributed by atoms with Crippen LogP contribution in [0.15, 0.2) is 42.0 Å². The average molecular weight is 426 g/mol. The lowest BCUT2D eigenvalue weighted by molar-refractivity contribution is 0.613. The normalized spacial score (nSPS) is 15.3. The van der Waals surface area contributed by atoms with Crippen LogP contribution in [0.4, 0.5) is 0 Å². The van der Waals surface area contributed by atoms with Crippen LogP contribution in [0.5, 0.6) is 0 Å². The van der Waals surface area contributed by atoms with E-state index >= 15 is 0 Å². The molecule has 6 nitrogen and oxygen atoms in total. The van der Waals surface area contributed by atoms with Crippen molar-refractivity contribution < 1.29 is 0 Å². The van der Waals surface area contributed by atoms with E-state index in [0.717, 1.165) is 17.3 Å². The van der Waals surface area contributed by atoms with Crippen LogP contribution in [-0.2, 0) is 6.54 Å². The van der Waals surface area contributed by atoms with Crippen LogP contribution in [0, 0.1) is 0 Å². The fourth-order valence-electron chi connectivity index (χ4n) is 2.71. The first-order valence-electron chi connectivity index (χ1n) is 7.75. The van der Waals surface area contributed by atoms with Gasteiger partial charge in [-0.3, -0.25) is 9.56 Å². The number of hydrogen-bond acceptors (Lipinski definition) is 3. The number of nitrogens with one attached hydrogen (secondary N) is 2. The van der Waals surface area contributed by atoms with E-state index in [0.29, 0.717) is 12.6 Å². The van der Waals surface area contributed by atoms with Crippen LogP contribution >= 0.6 is 24.0 Å². The summed E-state index contributed by atoms with van der Waals surface area (Å²) in [6.07, 6.45) is 12.4. The molecular formula is C16H23IN6. The van der Waals surface area contributed by atoms with Gasteiger partial charge in [0.2, 0.25) is 0 Å². The molecule has 2 aromatic heterocycles. The standard InChI is InChI=1S/C16H22N6.HI/c1-17-16(21-14-4-2-3-5-14)20-11-13-6-7-15(19-10-13)22-9-8-18-12-22;/h6-10,12,14H,2-5,11H2,1H3,(H2,17,20,21);1H. The summed E-state index contributed by atoms with van der Waals surface area (Å²) in [7, 11) is 1.81. The molecule has 0 saturated heterocycles. The van der Waals surface area contributed by atoms with Crippen molar-refractivity contribution in [1.29, 1.82) is 0 Å². The number of aliphatic imine (C=N–C) groups is 1. The second kappa shape index (κ2) is 8.85. The van der Waals surface area contributed by atoms with Crippen molar-refractivity contribution in [2.75, 3.05) is 7.05 Å². The van der Waals surface area contributed by atoms with Gasteiger partial charge >= 0.3 is 0 Å². The van der Waals surface area contributed by atoms with E-state index in [1.807, 2.05) is 30.1 Å². The first kappa shape index (κ1) is 17.7. The Morgan fingerprint density at radius 1 is 1.35 bits per heavy atom. The summed E-state index contributed by atoms with van der Waals surface area (Å²) in [6, 6.07) is 4.62. The molecule has 1 saturated carbocycles. The number of guanidine groups is 1. The minimum atomic E-state index is 0. The lowest BCUT2D eigenvalue weighted by atomic mass is 10.2. The Hall–Kier alpha value is -1.64. The van der Waals surface area contributed by atoms with Gasteiger partial charge in [-0.05, 0) is 24.5 Å². The Bertz CT molecular complexity index is 602. The Labute approximate surface area is 153 Å². The van der Waals surface area contributed by atoms with Crippen LogP contribution in [-0.4, -0.2) is 33.6 Å². The largest absolute Gasteiger partial charge is 0.354 e. The molecule has 124 valence electrons. The third-order valence-corrected chi connectivity index (χ3v) is 3.96. The van der Waals surface area contributed by atoms with E-state index in [4.69, 9.17) is 0 Å². The van der Waals surface area contributed by atoms with E-state index in [-0.39, 0.29) is 24.0 Å². The molecule has 3 rings (SSSR count). The van der Waals surface area contributed by atoms with Gasteiger partial charge < -0.3 is 10.6 Å². The van der Waals surface area contributed by atoms with Gasteiger partial charge in [0.05, 0.1) is 0 Å². The zero-order valence-corrected chi connectivity index (χ0v) is 15.6. The highest BCUT2D eigenvalue weighted by atomic mass is 127. The number of aromatic nitrogens is 3. The highest BCUT2D eigenvalue weighted by Gasteiger charge is 2.15. The van der Waals surface area contributed by atoms with Gasteiger partial charge in [-0.1, -0.05) is 18.9 Å². The molecule has 0 bridgehead atoms. The highest BCUT2D eigenvalue weighted by molar-refractivity contribution is 14.0. The van der Waals surface area contributed by atoms with Gasteiger partial charge in [0.25, 0.3) is 0 Å². The van der Waals surface area contributed by atoms with Gasteiger partial charge in [0.1, 0.15) is 12.1 Å². The quantitative estimate of drug-likeness (QED) is 0.448. The minimum absolute atomic E-state index is 0. The van der Waals surface area contributed by atoms with E-state index < -0.39 is 0 Å². The van der Waals surface area contributed by atoms with Crippen LogP contribution in [0.25, 0.3) is 5.82 Å². The van der Waals surface area contributed by atoms with Crippen LogP contribution in [0.2, 0.25) is 0 Å². The maximum Gasteiger partial charge on any atom is 0.191 e. The number of hydrogen-bond donors (Lipinski definition) is 2. The molecule has 0 spiro atoms. The molecule has 1 fully saturated rings. The molecule has 0 aromatic carbocycles. The molecule has 23 heavy (non-hydrogen) atoms. The molecular weight excluding hydrogens is 403 g/mol. The molecule has 2 heterocycles. The fourth-order valence-corrected chi connectivity index (χ4v) is 2.71. The van der Waals surface area contributed by atoms with Gasteiger partial charge in [-0.2, -0.15) is 0 Å². The van der Waals surface area contributed by atoms with Crippen LogP contribution in [0.1, 0.15) is 31.2 Å². The summed E-state index contributed by atoms with van der Waals surface area (Å²) in [5.41, 5.74) is 1.12. The topological polar surface area (TPSA) is 67.1 Å². The first-order chi connectivity index (χ1) is 10.8. The molecule has 0 unspecified atom stereocenters. The van der Waals surface area contributed by atoms with Crippen molar-refractivity contribution in [3.05, 3.63) is 42.6 Å². The van der Waals surface area contributed by atoms with Gasteiger partial charge in [-0.25, -0.2) is 9.97 Å². The molecule has 0 amide bonds. The summed E-state index contributed by atoms with van der Waals surface area (Å²) >= 11 is 0. The third kappa shape index (κ3) is 4.92. The molecule has 7 heteroatoms. The maximum atomic E-state index is 4.45. The zero-order valence-electron chi connectivity index (χ0n) is 13.3. The molecule has 2 aromatic rings. The third-order valence-electron chi connectivity index (χ3n) is 3.96. The molecule has 0 atom stereocenters. The Balaban J connectivity index is 0.00000192. The average Bonchev–Trinajstić information content (AvgIpc) is 3.25. The predicted octanol–water partition coefficient (Wildman–Crippen LogP) is 2.49. The van der Waals surface area contributed by atoms with Gasteiger partial charge in [0.15, 0.2) is 5.96 Å². The number of nitrogens with zero attached hydrogens (tertiary/aromatic N) is 4. The molecule has 1 aliphatic carbocycles. The highest BCUT2D eigenvalue weighted by Crippen LogP contribution is 2.17. The summed E-state index contributed by atoms with van der Waals surface area (Å²) < 4.78 is 1.89. The van der Waals surface area contributed by atoms with Crippen molar-refractivity contribution in [2.45, 2.75) is 38.3 Å². The Morgan fingerprint density at radius 3 is 2.78 bits per heavy atom. The van der Waals surface area contributed by atoms with Crippen LogP contribution in [0.3, 0.4) is 0 Å². The summed E-state index contributed by atoms with van der Waals surface area (Å²) in [6.45, 7) is 0.712. The van der Waals surface area contributed by atoms with E-state index in [1.165, 1.54) is 25.7 Å². The SMILES string of the molecule is CN=C(NCc1ccc(-n2ccnc2)nc1)NC1CCCC1.I. The molecule has 0 radical (unpaired) electrons. The summed E-state index contributed by atoms with van der Waals surface area (Å²) in [5, 5.41) is 6.82. The van der Waals surface area contributed by atoms with Crippen molar-refractivity contribution in [2.24, 2.45) is 4.99 Å². The molecule has 2 N–H and O–H groups in total. The van der Waals surface area contributed by atoms with Crippen molar-refractivity contribution >= 4 is 29.9 Å². The van der Waals surface area contributed by atoms with Gasteiger partial charge in [-0.15, -0.1) is 24.0 Å². The fraction of sp³-hybridized carbons (Fsp3) is 0.438. The van der Waals surface area contributed by atoms with E-state index in [1.54, 1.807) is 12.5 Å². The van der Waals surface area contributed by atoms with Crippen LogP contribution < -0.4 is 10.6 Å². The zero-order chi connectivity index (χ0) is 15.2. The van der Waals surface area contributed by atoms with Crippen molar-refractivity contribution in [1.82, 2.24) is 25.2 Å². The summed E-state index contributed by atoms with van der Waals surface area (Å²) in [4.78, 5) is 12.8. The molecule has 1 aliphatic rings. The maximum absolute atomic E-state index is 4.45. The monoisotopic (exact) mass is 426 g/mol.